The zero-order valence-corrected chi connectivity index (χ0v) is 23.4. The lowest BCUT2D eigenvalue weighted by molar-refractivity contribution is 0.0808. The molecule has 0 aliphatic carbocycles. The van der Waals surface area contributed by atoms with Crippen molar-refractivity contribution in [1.82, 2.24) is 24.7 Å². The number of benzene rings is 1. The van der Waals surface area contributed by atoms with E-state index in [1.165, 1.54) is 0 Å². The summed E-state index contributed by atoms with van der Waals surface area (Å²) >= 11 is 0. The van der Waals surface area contributed by atoms with Crippen molar-refractivity contribution in [3.05, 3.63) is 48.9 Å². The molecule has 0 saturated carbocycles. The molecular formula is C27H36N6O3S. The lowest BCUT2D eigenvalue weighted by Crippen LogP contribution is -2.27. The van der Waals surface area contributed by atoms with E-state index in [1.807, 2.05) is 36.5 Å². The number of hydrogen-bond donors (Lipinski definition) is 1. The third-order valence-corrected chi connectivity index (χ3v) is 11.1. The molecule has 0 spiro atoms. The number of pyridine rings is 1. The van der Waals surface area contributed by atoms with E-state index in [1.54, 1.807) is 31.3 Å². The van der Waals surface area contributed by atoms with E-state index < -0.39 is 10.0 Å². The van der Waals surface area contributed by atoms with Gasteiger partial charge in [-0.15, -0.1) is 0 Å². The molecule has 4 aromatic rings. The summed E-state index contributed by atoms with van der Waals surface area (Å²) in [5, 5.41) is 7.72. The highest BCUT2D eigenvalue weighted by Gasteiger charge is 2.27. The number of methoxy groups -OCH3 is 2. The summed E-state index contributed by atoms with van der Waals surface area (Å²) in [7, 11) is 2.50. The van der Waals surface area contributed by atoms with E-state index in [9.17, 15) is 0 Å². The SMILES string of the molecule is COc1cc(Nc2ccc3ncc(-c4cnn(COCCS(C)(C)C(C)(C)C)c4)nc3n2)cc(OC)c1. The number of rotatable bonds is 10. The van der Waals surface area contributed by atoms with Crippen molar-refractivity contribution >= 4 is 32.7 Å². The molecule has 0 saturated heterocycles. The molecule has 0 radical (unpaired) electrons. The second kappa shape index (κ2) is 10.9. The molecule has 37 heavy (non-hydrogen) atoms. The zero-order chi connectivity index (χ0) is 26.6. The van der Waals surface area contributed by atoms with Gasteiger partial charge in [0.05, 0.1) is 38.9 Å². The van der Waals surface area contributed by atoms with E-state index in [-0.39, 0.29) is 0 Å². The van der Waals surface area contributed by atoms with E-state index in [0.717, 1.165) is 17.0 Å². The third kappa shape index (κ3) is 6.50. The standard InChI is InChI=1S/C27H36N6O3S/c1-27(2,3)37(6,7)11-10-36-18-33-17-19(15-29-33)24-16-28-23-8-9-25(32-26(23)31-24)30-20-12-21(34-4)14-22(13-20)35-5/h8-9,12-17H,10-11,18H2,1-7H3,(H,30,31,32). The molecule has 1 aromatic carbocycles. The molecule has 10 heteroatoms. The van der Waals surface area contributed by atoms with Crippen molar-refractivity contribution in [2.75, 3.05) is 44.4 Å². The highest BCUT2D eigenvalue weighted by molar-refractivity contribution is 8.33. The fourth-order valence-electron chi connectivity index (χ4n) is 3.43. The smallest absolute Gasteiger partial charge is 0.180 e. The highest BCUT2D eigenvalue weighted by atomic mass is 32.3. The molecule has 0 aliphatic rings. The molecule has 0 bridgehead atoms. The number of hydrogen-bond acceptors (Lipinski definition) is 8. The minimum Gasteiger partial charge on any atom is -0.497 e. The maximum absolute atomic E-state index is 5.92. The summed E-state index contributed by atoms with van der Waals surface area (Å²) in [4.78, 5) is 13.9. The monoisotopic (exact) mass is 524 g/mol. The van der Waals surface area contributed by atoms with Gasteiger partial charge in [-0.1, -0.05) is 20.8 Å². The number of ether oxygens (including phenoxy) is 3. The number of fused-ring (bicyclic) bond motifs is 1. The molecule has 0 atom stereocenters. The van der Waals surface area contributed by atoms with Crippen LogP contribution in [-0.2, 0) is 11.5 Å². The van der Waals surface area contributed by atoms with Crippen molar-refractivity contribution in [2.45, 2.75) is 32.2 Å². The van der Waals surface area contributed by atoms with Gasteiger partial charge in [-0.25, -0.2) is 24.7 Å². The van der Waals surface area contributed by atoms with Gasteiger partial charge in [-0.3, -0.25) is 4.98 Å². The molecule has 4 rings (SSSR count). The van der Waals surface area contributed by atoms with Crippen molar-refractivity contribution < 1.29 is 14.2 Å². The topological polar surface area (TPSA) is 96.2 Å². The summed E-state index contributed by atoms with van der Waals surface area (Å²) in [6.07, 6.45) is 10.2. The van der Waals surface area contributed by atoms with Crippen LogP contribution in [0.15, 0.2) is 48.9 Å². The van der Waals surface area contributed by atoms with Crippen LogP contribution in [0.3, 0.4) is 0 Å². The van der Waals surface area contributed by atoms with Crippen molar-refractivity contribution in [1.29, 1.82) is 0 Å². The lowest BCUT2D eigenvalue weighted by atomic mass is 10.2. The van der Waals surface area contributed by atoms with Gasteiger partial charge in [0.25, 0.3) is 0 Å². The molecule has 3 aromatic heterocycles. The summed E-state index contributed by atoms with van der Waals surface area (Å²) < 4.78 is 18.7. The van der Waals surface area contributed by atoms with Crippen LogP contribution in [0.5, 0.6) is 11.5 Å². The molecule has 0 aliphatic heterocycles. The zero-order valence-electron chi connectivity index (χ0n) is 22.6. The van der Waals surface area contributed by atoms with Crippen LogP contribution >= 0.6 is 10.0 Å². The van der Waals surface area contributed by atoms with Crippen LogP contribution in [0.4, 0.5) is 11.5 Å². The second-order valence-electron chi connectivity index (χ2n) is 10.2. The van der Waals surface area contributed by atoms with Gasteiger partial charge in [0, 0.05) is 41.4 Å². The number of nitrogens with zero attached hydrogens (tertiary/aromatic N) is 5. The minimum atomic E-state index is -0.739. The van der Waals surface area contributed by atoms with Gasteiger partial charge in [-0.2, -0.15) is 5.10 Å². The van der Waals surface area contributed by atoms with Crippen LogP contribution in [-0.4, -0.2) is 68.6 Å². The first-order valence-electron chi connectivity index (χ1n) is 12.0. The van der Waals surface area contributed by atoms with E-state index in [2.05, 4.69) is 53.7 Å². The Morgan fingerprint density at radius 3 is 2.38 bits per heavy atom. The van der Waals surface area contributed by atoms with E-state index in [0.29, 0.717) is 52.3 Å². The van der Waals surface area contributed by atoms with E-state index >= 15 is 0 Å². The Kier molecular flexibility index (Phi) is 7.89. The van der Waals surface area contributed by atoms with Gasteiger partial charge in [0.2, 0.25) is 0 Å². The first kappa shape index (κ1) is 26.7. The van der Waals surface area contributed by atoms with Gasteiger partial charge in [0.15, 0.2) is 5.65 Å². The Balaban J connectivity index is 1.45. The summed E-state index contributed by atoms with van der Waals surface area (Å²) in [5.41, 5.74) is 3.59. The molecule has 9 nitrogen and oxygen atoms in total. The number of anilines is 2. The van der Waals surface area contributed by atoms with Crippen LogP contribution < -0.4 is 14.8 Å². The molecular weight excluding hydrogens is 488 g/mol. The number of nitrogens with one attached hydrogen (secondary N) is 1. The quantitative estimate of drug-likeness (QED) is 0.272. The van der Waals surface area contributed by atoms with Crippen LogP contribution in [0.1, 0.15) is 20.8 Å². The molecule has 0 fully saturated rings. The van der Waals surface area contributed by atoms with Gasteiger partial charge < -0.3 is 19.5 Å². The molecule has 198 valence electrons. The van der Waals surface area contributed by atoms with Crippen LogP contribution in [0, 0.1) is 0 Å². The minimum absolute atomic E-state index is 0.300. The molecule has 1 N–H and O–H groups in total. The largest absolute Gasteiger partial charge is 0.497 e. The Hall–Kier alpha value is -3.37. The fourth-order valence-corrected chi connectivity index (χ4v) is 4.58. The third-order valence-electron chi connectivity index (χ3n) is 6.58. The van der Waals surface area contributed by atoms with Crippen molar-refractivity contribution in [3.63, 3.8) is 0 Å². The lowest BCUT2D eigenvalue weighted by Gasteiger charge is -2.44. The van der Waals surface area contributed by atoms with Gasteiger partial charge in [-0.05, 0) is 29.4 Å². The van der Waals surface area contributed by atoms with E-state index in [4.69, 9.17) is 19.2 Å². The van der Waals surface area contributed by atoms with Gasteiger partial charge >= 0.3 is 0 Å². The Morgan fingerprint density at radius 2 is 1.70 bits per heavy atom. The Labute approximate surface area is 219 Å². The summed E-state index contributed by atoms with van der Waals surface area (Å²) in [5.74, 6) is 3.07. The molecule has 3 heterocycles. The first-order valence-corrected chi connectivity index (χ1v) is 14.6. The average molecular weight is 525 g/mol. The van der Waals surface area contributed by atoms with Crippen molar-refractivity contribution in [3.8, 4) is 22.8 Å². The predicted octanol–water partition coefficient (Wildman–Crippen LogP) is 5.49. The average Bonchev–Trinajstić information content (AvgIpc) is 3.34. The Bertz CT molecular complexity index is 1340. The Morgan fingerprint density at radius 1 is 0.973 bits per heavy atom. The maximum atomic E-state index is 5.92. The van der Waals surface area contributed by atoms with Crippen LogP contribution in [0.25, 0.3) is 22.4 Å². The first-order chi connectivity index (χ1) is 17.6. The predicted molar refractivity (Wildman–Crippen MR) is 151 cm³/mol. The van der Waals surface area contributed by atoms with Gasteiger partial charge in [0.1, 0.15) is 29.6 Å². The number of aromatic nitrogens is 5. The summed E-state index contributed by atoms with van der Waals surface area (Å²) in [6.45, 7) is 8.02. The fraction of sp³-hybridized carbons (Fsp3) is 0.407. The van der Waals surface area contributed by atoms with Crippen LogP contribution in [0.2, 0.25) is 0 Å². The van der Waals surface area contributed by atoms with Crippen molar-refractivity contribution in [2.24, 2.45) is 0 Å². The normalized spacial score (nSPS) is 12.5. The summed E-state index contributed by atoms with van der Waals surface area (Å²) in [6, 6.07) is 9.31. The highest BCUT2D eigenvalue weighted by Crippen LogP contribution is 2.52. The second-order valence-corrected chi connectivity index (χ2v) is 14.9. The molecule has 0 unspecified atom stereocenters. The maximum Gasteiger partial charge on any atom is 0.180 e. The molecule has 0 amide bonds.